The van der Waals surface area contributed by atoms with Gasteiger partial charge < -0.3 is 10.2 Å². The molecule has 0 atom stereocenters. The highest BCUT2D eigenvalue weighted by atomic mass is 35.5. The van der Waals surface area contributed by atoms with Crippen molar-refractivity contribution in [3.05, 3.63) is 58.7 Å². The second kappa shape index (κ2) is 6.96. The van der Waals surface area contributed by atoms with E-state index in [1.165, 1.54) is 0 Å². The average molecular weight is 370 g/mol. The van der Waals surface area contributed by atoms with Gasteiger partial charge in [-0.3, -0.25) is 9.20 Å². The van der Waals surface area contributed by atoms with Crippen molar-refractivity contribution in [3.63, 3.8) is 0 Å². The molecule has 0 aliphatic carbocycles. The standard InChI is InChI=1S/C19H20ClN5O/c1-13-5-4-8-17-22-23-19(25(13)17)24-11-9-14(10-12-24)21-18(26)15-6-2-3-7-16(15)20/h2-8,14H,9-12H2,1H3,(H,21,26). The van der Waals surface area contributed by atoms with E-state index in [4.69, 9.17) is 11.6 Å². The fourth-order valence-electron chi connectivity index (χ4n) is 3.42. The van der Waals surface area contributed by atoms with Crippen LogP contribution in [0.4, 0.5) is 5.95 Å². The number of piperidine rings is 1. The van der Waals surface area contributed by atoms with E-state index in [0.29, 0.717) is 10.6 Å². The Morgan fingerprint density at radius 1 is 1.12 bits per heavy atom. The molecule has 3 aromatic rings. The molecule has 2 aromatic heterocycles. The number of benzene rings is 1. The molecular formula is C19H20ClN5O. The van der Waals surface area contributed by atoms with Crippen LogP contribution in [0.5, 0.6) is 0 Å². The quantitative estimate of drug-likeness (QED) is 0.770. The van der Waals surface area contributed by atoms with E-state index in [1.54, 1.807) is 12.1 Å². The Balaban J connectivity index is 1.43. The van der Waals surface area contributed by atoms with Crippen molar-refractivity contribution < 1.29 is 4.79 Å². The Labute approximate surface area is 156 Å². The zero-order chi connectivity index (χ0) is 18.1. The SMILES string of the molecule is Cc1cccc2nnc(N3CCC(NC(=O)c4ccccc4Cl)CC3)n12. The van der Waals surface area contributed by atoms with Crippen molar-refractivity contribution in [1.29, 1.82) is 0 Å². The molecule has 1 aliphatic rings. The summed E-state index contributed by atoms with van der Waals surface area (Å²) in [4.78, 5) is 14.7. The molecule has 0 bridgehead atoms. The van der Waals surface area contributed by atoms with Gasteiger partial charge in [-0.2, -0.15) is 0 Å². The summed E-state index contributed by atoms with van der Waals surface area (Å²) in [6, 6.07) is 13.3. The molecule has 4 rings (SSSR count). The van der Waals surface area contributed by atoms with Crippen molar-refractivity contribution >= 4 is 29.1 Å². The van der Waals surface area contributed by atoms with Crippen LogP contribution in [0.1, 0.15) is 28.9 Å². The van der Waals surface area contributed by atoms with Crippen molar-refractivity contribution in [3.8, 4) is 0 Å². The molecule has 1 aromatic carbocycles. The van der Waals surface area contributed by atoms with Gasteiger partial charge in [-0.15, -0.1) is 10.2 Å². The molecule has 26 heavy (non-hydrogen) atoms. The van der Waals surface area contributed by atoms with Crippen LogP contribution in [0.3, 0.4) is 0 Å². The molecule has 134 valence electrons. The van der Waals surface area contributed by atoms with Gasteiger partial charge in [0.2, 0.25) is 5.95 Å². The molecule has 1 N–H and O–H groups in total. The highest BCUT2D eigenvalue weighted by Crippen LogP contribution is 2.21. The van der Waals surface area contributed by atoms with Gasteiger partial charge in [-0.05, 0) is 44.0 Å². The summed E-state index contributed by atoms with van der Waals surface area (Å²) in [5.74, 6) is 0.756. The van der Waals surface area contributed by atoms with Crippen LogP contribution in [0, 0.1) is 6.92 Å². The van der Waals surface area contributed by atoms with Crippen molar-refractivity contribution in [2.45, 2.75) is 25.8 Å². The lowest BCUT2D eigenvalue weighted by molar-refractivity contribution is 0.0931. The second-order valence-corrected chi connectivity index (χ2v) is 6.98. The van der Waals surface area contributed by atoms with E-state index in [2.05, 4.69) is 37.8 Å². The monoisotopic (exact) mass is 369 g/mol. The summed E-state index contributed by atoms with van der Waals surface area (Å²) >= 11 is 6.11. The lowest BCUT2D eigenvalue weighted by Crippen LogP contribution is -2.45. The largest absolute Gasteiger partial charge is 0.349 e. The molecule has 6 nitrogen and oxygen atoms in total. The number of carbonyl (C=O) groups excluding carboxylic acids is 1. The van der Waals surface area contributed by atoms with Crippen molar-refractivity contribution in [2.24, 2.45) is 0 Å². The van der Waals surface area contributed by atoms with Crippen LogP contribution in [0.25, 0.3) is 5.65 Å². The first-order valence-electron chi connectivity index (χ1n) is 8.74. The number of hydrogen-bond donors (Lipinski definition) is 1. The lowest BCUT2D eigenvalue weighted by atomic mass is 10.0. The van der Waals surface area contributed by atoms with E-state index in [9.17, 15) is 4.79 Å². The number of hydrogen-bond acceptors (Lipinski definition) is 4. The Morgan fingerprint density at radius 2 is 1.88 bits per heavy atom. The molecule has 1 amide bonds. The summed E-state index contributed by atoms with van der Waals surface area (Å²) < 4.78 is 2.07. The molecule has 0 saturated carbocycles. The third-order valence-electron chi connectivity index (χ3n) is 4.84. The molecule has 3 heterocycles. The van der Waals surface area contributed by atoms with Gasteiger partial charge in [0.05, 0.1) is 10.6 Å². The minimum absolute atomic E-state index is 0.113. The number of carbonyl (C=O) groups is 1. The number of amides is 1. The van der Waals surface area contributed by atoms with Gasteiger partial charge in [0.1, 0.15) is 0 Å². The van der Waals surface area contributed by atoms with Crippen molar-refractivity contribution in [2.75, 3.05) is 18.0 Å². The molecule has 1 saturated heterocycles. The van der Waals surface area contributed by atoms with Gasteiger partial charge in [0.25, 0.3) is 5.91 Å². The van der Waals surface area contributed by atoms with E-state index in [0.717, 1.165) is 43.2 Å². The maximum atomic E-state index is 12.4. The molecule has 7 heteroatoms. The number of nitrogens with one attached hydrogen (secondary N) is 1. The normalized spacial score (nSPS) is 15.4. The molecule has 0 spiro atoms. The summed E-state index contributed by atoms with van der Waals surface area (Å²) in [5, 5.41) is 12.2. The van der Waals surface area contributed by atoms with Crippen LogP contribution < -0.4 is 10.2 Å². The molecule has 1 fully saturated rings. The topological polar surface area (TPSA) is 62.5 Å². The summed E-state index contributed by atoms with van der Waals surface area (Å²) in [7, 11) is 0. The number of anilines is 1. The zero-order valence-corrected chi connectivity index (χ0v) is 15.3. The number of halogens is 1. The number of nitrogens with zero attached hydrogens (tertiary/aromatic N) is 4. The van der Waals surface area contributed by atoms with Gasteiger partial charge >= 0.3 is 0 Å². The highest BCUT2D eigenvalue weighted by Gasteiger charge is 2.24. The maximum Gasteiger partial charge on any atom is 0.253 e. The second-order valence-electron chi connectivity index (χ2n) is 6.58. The Hall–Kier alpha value is -2.60. The van der Waals surface area contributed by atoms with Crippen LogP contribution in [-0.4, -0.2) is 39.6 Å². The van der Waals surface area contributed by atoms with Gasteiger partial charge in [-0.25, -0.2) is 0 Å². The molecule has 0 radical (unpaired) electrons. The van der Waals surface area contributed by atoms with Crippen LogP contribution in [0.15, 0.2) is 42.5 Å². The fraction of sp³-hybridized carbons (Fsp3) is 0.316. The van der Waals surface area contributed by atoms with E-state index in [1.807, 2.05) is 24.3 Å². The number of pyridine rings is 1. The van der Waals surface area contributed by atoms with E-state index < -0.39 is 0 Å². The first-order chi connectivity index (χ1) is 12.6. The van der Waals surface area contributed by atoms with E-state index >= 15 is 0 Å². The summed E-state index contributed by atoms with van der Waals surface area (Å²) in [6.45, 7) is 3.70. The first-order valence-corrected chi connectivity index (χ1v) is 9.12. The molecule has 0 unspecified atom stereocenters. The van der Waals surface area contributed by atoms with Gasteiger partial charge in [-0.1, -0.05) is 29.8 Å². The average Bonchev–Trinajstić information content (AvgIpc) is 3.08. The van der Waals surface area contributed by atoms with Crippen LogP contribution >= 0.6 is 11.6 Å². The Kier molecular flexibility index (Phi) is 4.51. The highest BCUT2D eigenvalue weighted by molar-refractivity contribution is 6.33. The summed E-state index contributed by atoms with van der Waals surface area (Å²) in [6.07, 6.45) is 1.72. The maximum absolute atomic E-state index is 12.4. The minimum atomic E-state index is -0.113. The third kappa shape index (κ3) is 3.12. The molecular weight excluding hydrogens is 350 g/mol. The van der Waals surface area contributed by atoms with E-state index in [-0.39, 0.29) is 11.9 Å². The zero-order valence-electron chi connectivity index (χ0n) is 14.5. The van der Waals surface area contributed by atoms with Crippen LogP contribution in [0.2, 0.25) is 5.02 Å². The predicted octanol–water partition coefficient (Wildman–Crippen LogP) is 3.09. The van der Waals surface area contributed by atoms with Crippen LogP contribution in [-0.2, 0) is 0 Å². The van der Waals surface area contributed by atoms with Crippen molar-refractivity contribution in [1.82, 2.24) is 19.9 Å². The fourth-order valence-corrected chi connectivity index (χ4v) is 3.64. The minimum Gasteiger partial charge on any atom is -0.349 e. The Bertz CT molecular complexity index is 946. The smallest absolute Gasteiger partial charge is 0.253 e. The number of aryl methyl sites for hydroxylation is 1. The predicted molar refractivity (Wildman–Crippen MR) is 102 cm³/mol. The van der Waals surface area contributed by atoms with Gasteiger partial charge in [0, 0.05) is 24.8 Å². The number of rotatable bonds is 3. The Morgan fingerprint density at radius 3 is 2.65 bits per heavy atom. The lowest BCUT2D eigenvalue weighted by Gasteiger charge is -2.32. The number of fused-ring (bicyclic) bond motifs is 1. The number of aromatic nitrogens is 3. The first kappa shape index (κ1) is 16.8. The molecule has 1 aliphatic heterocycles. The summed E-state index contributed by atoms with van der Waals surface area (Å²) in [5.41, 5.74) is 2.49. The van der Waals surface area contributed by atoms with Gasteiger partial charge in [0.15, 0.2) is 5.65 Å². The third-order valence-corrected chi connectivity index (χ3v) is 5.17.